The van der Waals surface area contributed by atoms with E-state index in [0.29, 0.717) is 12.2 Å². The third kappa shape index (κ3) is 6.78. The molecule has 0 saturated carbocycles. The maximum absolute atomic E-state index is 11.4. The average molecular weight is 247 g/mol. The number of aliphatic hydroxyl groups excluding tert-OH is 1. The molecule has 83 valence electrons. The fourth-order valence-corrected chi connectivity index (χ4v) is 1.21. The predicted octanol–water partition coefficient (Wildman–Crippen LogP) is 1.63. The molecule has 0 aromatic heterocycles. The van der Waals surface area contributed by atoms with Crippen LogP contribution in [0.1, 0.15) is 29.6 Å². The summed E-state index contributed by atoms with van der Waals surface area (Å²) in [5.74, 6) is -0.278. The fourth-order valence-electron chi connectivity index (χ4n) is 1.21. The monoisotopic (exact) mass is 247 g/mol. The fraction of sp³-hybridized carbons (Fsp3) is 0.417. The van der Waals surface area contributed by atoms with Crippen molar-refractivity contribution in [3.8, 4) is 0 Å². The van der Waals surface area contributed by atoms with Crippen LogP contribution in [0.15, 0.2) is 30.3 Å². The first-order valence-corrected chi connectivity index (χ1v) is 5.17. The minimum absolute atomic E-state index is 0. The maximum atomic E-state index is 11.4. The van der Waals surface area contributed by atoms with Crippen molar-refractivity contribution in [1.29, 1.82) is 0 Å². The van der Waals surface area contributed by atoms with Crippen molar-refractivity contribution < 1.29 is 14.6 Å². The smallest absolute Gasteiger partial charge is 0.338 e. The molecular weight excluding hydrogens is 231 g/mol. The number of ether oxygens (including phenoxy) is 1. The molecule has 0 aliphatic rings. The van der Waals surface area contributed by atoms with Crippen LogP contribution < -0.4 is 0 Å². The Kier molecular flexibility index (Phi) is 10.6. The van der Waals surface area contributed by atoms with E-state index in [2.05, 4.69) is 0 Å². The van der Waals surface area contributed by atoms with Crippen LogP contribution in [-0.2, 0) is 4.74 Å². The van der Waals surface area contributed by atoms with Gasteiger partial charge in [0.2, 0.25) is 0 Å². The summed E-state index contributed by atoms with van der Waals surface area (Å²) < 4.78 is 5.05. The molecule has 0 atom stereocenters. The van der Waals surface area contributed by atoms with Crippen molar-refractivity contribution in [2.75, 3.05) is 13.2 Å². The average Bonchev–Trinajstić information content (AvgIpc) is 2.30. The second-order valence-corrected chi connectivity index (χ2v) is 3.29. The molecule has 3 nitrogen and oxygen atoms in total. The Bertz CT molecular complexity index is 288. The van der Waals surface area contributed by atoms with Crippen LogP contribution >= 0.6 is 0 Å². The maximum Gasteiger partial charge on any atom is 0.338 e. The number of hydrogen-bond donors (Lipinski definition) is 1. The van der Waals surface area contributed by atoms with Gasteiger partial charge in [-0.15, -0.1) is 0 Å². The quantitative estimate of drug-likeness (QED) is 0.472. The van der Waals surface area contributed by atoms with Gasteiger partial charge in [-0.3, -0.25) is 0 Å². The van der Waals surface area contributed by atoms with Crippen LogP contribution in [0.2, 0.25) is 0 Å². The summed E-state index contributed by atoms with van der Waals surface area (Å²) >= 11 is 0. The van der Waals surface area contributed by atoms with Crippen LogP contribution in [0.25, 0.3) is 0 Å². The van der Waals surface area contributed by atoms with Gasteiger partial charge in [-0.25, -0.2) is 4.79 Å². The Morgan fingerprint density at radius 2 is 1.81 bits per heavy atom. The van der Waals surface area contributed by atoms with Gasteiger partial charge in [0.15, 0.2) is 0 Å². The van der Waals surface area contributed by atoms with Gasteiger partial charge in [0.1, 0.15) is 0 Å². The molecule has 1 N–H and O–H groups in total. The summed E-state index contributed by atoms with van der Waals surface area (Å²) in [5, 5.41) is 8.55. The van der Waals surface area contributed by atoms with Crippen molar-refractivity contribution in [2.45, 2.75) is 19.3 Å². The number of unbranched alkanes of at least 4 members (excludes halogenated alkanes) is 2. The molecule has 0 spiro atoms. The van der Waals surface area contributed by atoms with Gasteiger partial charge in [0, 0.05) is 58.0 Å². The SMILES string of the molecule is O=C(OCCCCCO)c1ccccc1.[K]. The predicted molar refractivity (Wildman–Crippen MR) is 63.4 cm³/mol. The van der Waals surface area contributed by atoms with Gasteiger partial charge in [0.25, 0.3) is 0 Å². The molecule has 0 bridgehead atoms. The summed E-state index contributed by atoms with van der Waals surface area (Å²) in [5.41, 5.74) is 0.583. The van der Waals surface area contributed by atoms with Gasteiger partial charge in [-0.2, -0.15) is 0 Å². The van der Waals surface area contributed by atoms with E-state index < -0.39 is 0 Å². The Hall–Kier alpha value is 0.286. The zero-order valence-corrected chi connectivity index (χ0v) is 12.8. The number of hydrogen-bond acceptors (Lipinski definition) is 3. The topological polar surface area (TPSA) is 46.5 Å². The molecule has 1 aromatic rings. The number of benzene rings is 1. The van der Waals surface area contributed by atoms with Crippen molar-refractivity contribution in [3.05, 3.63) is 35.9 Å². The van der Waals surface area contributed by atoms with Gasteiger partial charge in [-0.05, 0) is 31.4 Å². The van der Waals surface area contributed by atoms with Crippen LogP contribution in [0, 0.1) is 0 Å². The minimum atomic E-state index is -0.278. The molecule has 0 heterocycles. The van der Waals surface area contributed by atoms with E-state index in [9.17, 15) is 4.79 Å². The second-order valence-electron chi connectivity index (χ2n) is 3.29. The second kappa shape index (κ2) is 10.4. The molecule has 1 radical (unpaired) electrons. The largest absolute Gasteiger partial charge is 0.462 e. The third-order valence-corrected chi connectivity index (χ3v) is 2.05. The van der Waals surface area contributed by atoms with E-state index in [0.717, 1.165) is 19.3 Å². The molecule has 0 fully saturated rings. The van der Waals surface area contributed by atoms with Gasteiger partial charge in [0.05, 0.1) is 12.2 Å². The standard InChI is InChI=1S/C12H16O3.K/c13-9-5-2-6-10-15-12(14)11-7-3-1-4-8-11;/h1,3-4,7-8,13H,2,5-6,9-10H2;. The van der Waals surface area contributed by atoms with Crippen LogP contribution in [0.4, 0.5) is 0 Å². The van der Waals surface area contributed by atoms with Crippen LogP contribution in [-0.4, -0.2) is 75.7 Å². The van der Waals surface area contributed by atoms with Crippen molar-refractivity contribution >= 4 is 57.4 Å². The van der Waals surface area contributed by atoms with Gasteiger partial charge in [-0.1, -0.05) is 18.2 Å². The van der Waals surface area contributed by atoms with Gasteiger partial charge >= 0.3 is 5.97 Å². The van der Waals surface area contributed by atoms with Crippen molar-refractivity contribution in [1.82, 2.24) is 0 Å². The molecule has 0 amide bonds. The molecule has 0 saturated heterocycles. The Morgan fingerprint density at radius 3 is 2.44 bits per heavy atom. The number of carbonyl (C=O) groups is 1. The molecule has 4 heteroatoms. The summed E-state index contributed by atoms with van der Waals surface area (Å²) in [6, 6.07) is 8.94. The zero-order valence-electron chi connectivity index (χ0n) is 9.69. The molecule has 0 unspecified atom stereocenters. The summed E-state index contributed by atoms with van der Waals surface area (Å²) in [6.45, 7) is 0.625. The zero-order chi connectivity index (χ0) is 10.9. The minimum Gasteiger partial charge on any atom is -0.462 e. The number of rotatable bonds is 6. The molecule has 0 aliphatic heterocycles. The van der Waals surface area contributed by atoms with Crippen LogP contribution in [0.5, 0.6) is 0 Å². The normalized spacial score (nSPS) is 9.31. The molecule has 16 heavy (non-hydrogen) atoms. The number of esters is 1. The van der Waals surface area contributed by atoms with Gasteiger partial charge < -0.3 is 9.84 Å². The molecular formula is C12H16KO3. The van der Waals surface area contributed by atoms with Crippen molar-refractivity contribution in [3.63, 3.8) is 0 Å². The van der Waals surface area contributed by atoms with E-state index in [-0.39, 0.29) is 64.0 Å². The van der Waals surface area contributed by atoms with E-state index in [1.165, 1.54) is 0 Å². The van der Waals surface area contributed by atoms with E-state index in [4.69, 9.17) is 9.84 Å². The third-order valence-electron chi connectivity index (χ3n) is 2.05. The number of aliphatic hydroxyl groups is 1. The van der Waals surface area contributed by atoms with E-state index >= 15 is 0 Å². The van der Waals surface area contributed by atoms with Crippen molar-refractivity contribution in [2.24, 2.45) is 0 Å². The first-order valence-electron chi connectivity index (χ1n) is 5.17. The van der Waals surface area contributed by atoms with Crippen LogP contribution in [0.3, 0.4) is 0 Å². The molecule has 1 aromatic carbocycles. The molecule has 0 aliphatic carbocycles. The Labute approximate surface area is 139 Å². The Morgan fingerprint density at radius 1 is 1.12 bits per heavy atom. The molecule has 1 rings (SSSR count). The van der Waals surface area contributed by atoms with E-state index in [1.54, 1.807) is 12.1 Å². The Balaban J connectivity index is 0.00000225. The first-order chi connectivity index (χ1) is 7.34. The number of carbonyl (C=O) groups excluding carboxylic acids is 1. The summed E-state index contributed by atoms with van der Waals surface area (Å²) in [4.78, 5) is 11.4. The summed E-state index contributed by atoms with van der Waals surface area (Å²) in [6.07, 6.45) is 2.46. The van der Waals surface area contributed by atoms with E-state index in [1.807, 2.05) is 18.2 Å². The summed E-state index contributed by atoms with van der Waals surface area (Å²) in [7, 11) is 0. The first kappa shape index (κ1) is 16.3.